The molecule has 0 radical (unpaired) electrons. The van der Waals surface area contributed by atoms with Crippen molar-refractivity contribution >= 4 is 35.4 Å². The van der Waals surface area contributed by atoms with E-state index < -0.39 is 5.97 Å². The number of ether oxygens (including phenoxy) is 1. The Balaban J connectivity index is 1.84. The maximum absolute atomic E-state index is 13.4. The highest BCUT2D eigenvalue weighted by atomic mass is 32.2. The Kier molecular flexibility index (Phi) is 8.07. The number of benzene rings is 2. The first kappa shape index (κ1) is 21.8. The molecule has 0 spiro atoms. The van der Waals surface area contributed by atoms with Gasteiger partial charge in [0, 0.05) is 5.56 Å². The third-order valence-electron chi connectivity index (χ3n) is 4.99. The lowest BCUT2D eigenvalue weighted by atomic mass is 10.0. The van der Waals surface area contributed by atoms with Crippen molar-refractivity contribution in [3.05, 3.63) is 71.3 Å². The van der Waals surface area contributed by atoms with Crippen LogP contribution >= 0.6 is 23.5 Å². The first-order valence-electron chi connectivity index (χ1n) is 9.90. The maximum atomic E-state index is 13.4. The zero-order chi connectivity index (χ0) is 20.6. The molecular formula is C23H27NO3S2. The van der Waals surface area contributed by atoms with E-state index in [0.717, 1.165) is 5.56 Å². The molecule has 1 saturated heterocycles. The van der Waals surface area contributed by atoms with Gasteiger partial charge in [-0.2, -0.15) is 0 Å². The number of carbonyl (C=O) groups is 2. The van der Waals surface area contributed by atoms with Gasteiger partial charge in [0.2, 0.25) is 0 Å². The van der Waals surface area contributed by atoms with Crippen LogP contribution in [0.5, 0.6) is 0 Å². The van der Waals surface area contributed by atoms with Crippen molar-refractivity contribution in [2.45, 2.75) is 30.4 Å². The third-order valence-corrected chi connectivity index (χ3v) is 8.01. The summed E-state index contributed by atoms with van der Waals surface area (Å²) in [5.74, 6) is 1.79. The second-order valence-corrected chi connectivity index (χ2v) is 9.62. The number of hydrogen-bond acceptors (Lipinski definition) is 5. The van der Waals surface area contributed by atoms with Crippen LogP contribution in [-0.2, 0) is 9.53 Å². The van der Waals surface area contributed by atoms with Gasteiger partial charge < -0.3 is 9.64 Å². The fourth-order valence-electron chi connectivity index (χ4n) is 3.47. The van der Waals surface area contributed by atoms with Crippen molar-refractivity contribution in [1.82, 2.24) is 4.90 Å². The smallest absolute Gasteiger partial charge is 0.325 e. The van der Waals surface area contributed by atoms with Crippen LogP contribution in [0.15, 0.2) is 54.6 Å². The van der Waals surface area contributed by atoms with Crippen LogP contribution in [-0.4, -0.2) is 41.9 Å². The quantitative estimate of drug-likeness (QED) is 0.557. The van der Waals surface area contributed by atoms with E-state index in [0.29, 0.717) is 16.6 Å². The average molecular weight is 430 g/mol. The summed E-state index contributed by atoms with van der Waals surface area (Å²) in [6.45, 7) is 1.95. The molecule has 0 N–H and O–H groups in total. The SMILES string of the molecule is CC[C@@H](c1ccccc1)N(CC(=O)OC)C(=O)c1ccc(C2SCCCS2)cc1. The Morgan fingerprint density at radius 1 is 1.07 bits per heavy atom. The van der Waals surface area contributed by atoms with Crippen molar-refractivity contribution in [3.8, 4) is 0 Å². The Morgan fingerprint density at radius 3 is 2.31 bits per heavy atom. The molecule has 1 amide bonds. The minimum atomic E-state index is -0.417. The number of rotatable bonds is 7. The fourth-order valence-corrected chi connectivity index (χ4v) is 6.36. The number of hydrogen-bond donors (Lipinski definition) is 0. The first-order valence-corrected chi connectivity index (χ1v) is 12.0. The first-order chi connectivity index (χ1) is 14.1. The third kappa shape index (κ3) is 5.58. The molecule has 0 bridgehead atoms. The Labute approximate surface area is 181 Å². The summed E-state index contributed by atoms with van der Waals surface area (Å²) < 4.78 is 5.29. The normalized spacial score (nSPS) is 15.5. The molecule has 1 atom stereocenters. The van der Waals surface area contributed by atoms with Crippen LogP contribution in [0.1, 0.15) is 51.9 Å². The van der Waals surface area contributed by atoms with Crippen molar-refractivity contribution in [2.75, 3.05) is 25.2 Å². The predicted octanol–water partition coefficient (Wildman–Crippen LogP) is 5.32. The molecule has 1 heterocycles. The number of amides is 1. The molecule has 6 heteroatoms. The number of thioether (sulfide) groups is 2. The molecule has 0 saturated carbocycles. The van der Waals surface area contributed by atoms with E-state index in [4.69, 9.17) is 4.74 Å². The zero-order valence-corrected chi connectivity index (χ0v) is 18.5. The molecule has 1 aliphatic rings. The number of carbonyl (C=O) groups excluding carboxylic acids is 2. The molecular weight excluding hydrogens is 402 g/mol. The van der Waals surface area contributed by atoms with Crippen LogP contribution in [0.2, 0.25) is 0 Å². The van der Waals surface area contributed by atoms with Crippen molar-refractivity contribution in [3.63, 3.8) is 0 Å². The summed E-state index contributed by atoms with van der Waals surface area (Å²) in [5, 5.41) is 0. The number of nitrogens with zero attached hydrogens (tertiary/aromatic N) is 1. The van der Waals surface area contributed by atoms with E-state index in [1.165, 1.54) is 30.6 Å². The van der Waals surface area contributed by atoms with Gasteiger partial charge in [0.15, 0.2) is 0 Å². The van der Waals surface area contributed by atoms with Gasteiger partial charge in [0.1, 0.15) is 6.54 Å². The standard InChI is InChI=1S/C23H27NO3S2/c1-3-20(17-8-5-4-6-9-17)24(16-21(25)27-2)22(26)18-10-12-19(13-11-18)23-28-14-7-15-29-23/h4-6,8-13,20,23H,3,7,14-16H2,1-2H3/t20-/m0/s1. The van der Waals surface area contributed by atoms with Crippen LogP contribution in [0.3, 0.4) is 0 Å². The largest absolute Gasteiger partial charge is 0.468 e. The molecule has 154 valence electrons. The van der Waals surface area contributed by atoms with Gasteiger partial charge in [-0.3, -0.25) is 9.59 Å². The second kappa shape index (κ2) is 10.7. The highest BCUT2D eigenvalue weighted by Crippen LogP contribution is 2.43. The van der Waals surface area contributed by atoms with Gasteiger partial charge in [0.05, 0.1) is 17.7 Å². The topological polar surface area (TPSA) is 46.6 Å². The van der Waals surface area contributed by atoms with E-state index in [-0.39, 0.29) is 18.5 Å². The van der Waals surface area contributed by atoms with Gasteiger partial charge >= 0.3 is 5.97 Å². The van der Waals surface area contributed by atoms with Crippen LogP contribution in [0, 0.1) is 0 Å². The molecule has 2 aromatic carbocycles. The van der Waals surface area contributed by atoms with E-state index in [1.807, 2.05) is 85.0 Å². The summed E-state index contributed by atoms with van der Waals surface area (Å²) in [5.41, 5.74) is 2.85. The lowest BCUT2D eigenvalue weighted by Gasteiger charge is -2.31. The van der Waals surface area contributed by atoms with Crippen molar-refractivity contribution in [2.24, 2.45) is 0 Å². The summed E-state index contributed by atoms with van der Waals surface area (Å²) in [7, 11) is 1.35. The molecule has 0 aliphatic carbocycles. The van der Waals surface area contributed by atoms with E-state index >= 15 is 0 Å². The van der Waals surface area contributed by atoms with Gasteiger partial charge in [-0.25, -0.2) is 0 Å². The summed E-state index contributed by atoms with van der Waals surface area (Å²) in [6.07, 6.45) is 1.96. The van der Waals surface area contributed by atoms with Crippen molar-refractivity contribution in [1.29, 1.82) is 0 Å². The Hall–Kier alpha value is -1.92. The predicted molar refractivity (Wildman–Crippen MR) is 121 cm³/mol. The molecule has 3 rings (SSSR count). The lowest BCUT2D eigenvalue weighted by molar-refractivity contribution is -0.141. The fraction of sp³-hybridized carbons (Fsp3) is 0.391. The average Bonchev–Trinajstić information content (AvgIpc) is 2.79. The molecule has 1 fully saturated rings. The molecule has 2 aromatic rings. The molecule has 0 unspecified atom stereocenters. The molecule has 4 nitrogen and oxygen atoms in total. The second-order valence-electron chi connectivity index (χ2n) is 6.89. The Morgan fingerprint density at radius 2 is 1.72 bits per heavy atom. The summed E-state index contributed by atoms with van der Waals surface area (Å²) in [4.78, 5) is 27.0. The monoisotopic (exact) mass is 429 g/mol. The van der Waals surface area contributed by atoms with Crippen molar-refractivity contribution < 1.29 is 14.3 Å². The number of methoxy groups -OCH3 is 1. The Bertz CT molecular complexity index is 805. The van der Waals surface area contributed by atoms with Crippen LogP contribution < -0.4 is 0 Å². The van der Waals surface area contributed by atoms with Crippen LogP contribution in [0.4, 0.5) is 0 Å². The van der Waals surface area contributed by atoms with E-state index in [1.54, 1.807) is 4.90 Å². The highest BCUT2D eigenvalue weighted by molar-refractivity contribution is 8.16. The maximum Gasteiger partial charge on any atom is 0.325 e. The molecule has 0 aromatic heterocycles. The minimum absolute atomic E-state index is 0.0706. The van der Waals surface area contributed by atoms with Gasteiger partial charge in [-0.15, -0.1) is 23.5 Å². The highest BCUT2D eigenvalue weighted by Gasteiger charge is 2.27. The molecule has 1 aliphatic heterocycles. The summed E-state index contributed by atoms with van der Waals surface area (Å²) >= 11 is 3.92. The van der Waals surface area contributed by atoms with Gasteiger partial charge in [-0.1, -0.05) is 49.4 Å². The lowest BCUT2D eigenvalue weighted by Crippen LogP contribution is -2.39. The van der Waals surface area contributed by atoms with E-state index in [2.05, 4.69) is 0 Å². The zero-order valence-electron chi connectivity index (χ0n) is 16.9. The van der Waals surface area contributed by atoms with E-state index in [9.17, 15) is 9.59 Å². The van der Waals surface area contributed by atoms with Crippen LogP contribution in [0.25, 0.3) is 0 Å². The number of esters is 1. The summed E-state index contributed by atoms with van der Waals surface area (Å²) in [6, 6.07) is 17.5. The van der Waals surface area contributed by atoms with Gasteiger partial charge in [-0.05, 0) is 47.6 Å². The molecule has 29 heavy (non-hydrogen) atoms. The minimum Gasteiger partial charge on any atom is -0.468 e. The van der Waals surface area contributed by atoms with Gasteiger partial charge in [0.25, 0.3) is 5.91 Å².